The molecular weight excluding hydrogens is 297 g/mol. The number of hydrogen-bond donors (Lipinski definition) is 1. The minimum atomic E-state index is -4.83. The standard InChI is InChI=1S/C15H11F3N2O2/c16-15(17,18)22-13-6-2-1-5-12(13)20-14(21)8-7-11-4-3-9-19-10-11/h1-10H,(H,20,21)/b8-7+. The van der Waals surface area contributed by atoms with Crippen LogP contribution in [-0.2, 0) is 4.79 Å². The van der Waals surface area contributed by atoms with Crippen molar-refractivity contribution >= 4 is 17.7 Å². The number of carbonyl (C=O) groups is 1. The molecule has 0 spiro atoms. The molecule has 1 amide bonds. The van der Waals surface area contributed by atoms with E-state index in [4.69, 9.17) is 0 Å². The molecule has 0 bridgehead atoms. The van der Waals surface area contributed by atoms with Gasteiger partial charge in [0.25, 0.3) is 0 Å². The summed E-state index contributed by atoms with van der Waals surface area (Å²) >= 11 is 0. The predicted molar refractivity (Wildman–Crippen MR) is 75.0 cm³/mol. The molecule has 22 heavy (non-hydrogen) atoms. The number of nitrogens with one attached hydrogen (secondary N) is 1. The van der Waals surface area contributed by atoms with E-state index in [1.165, 1.54) is 30.4 Å². The average Bonchev–Trinajstić information content (AvgIpc) is 2.47. The maximum Gasteiger partial charge on any atom is 0.573 e. The summed E-state index contributed by atoms with van der Waals surface area (Å²) in [6.45, 7) is 0. The molecule has 0 saturated heterocycles. The summed E-state index contributed by atoms with van der Waals surface area (Å²) in [6, 6.07) is 8.73. The van der Waals surface area contributed by atoms with E-state index in [0.29, 0.717) is 5.56 Å². The first-order valence-electron chi connectivity index (χ1n) is 6.18. The molecule has 2 rings (SSSR count). The lowest BCUT2D eigenvalue weighted by molar-refractivity contribution is -0.274. The highest BCUT2D eigenvalue weighted by molar-refractivity contribution is 6.02. The molecule has 0 unspecified atom stereocenters. The number of anilines is 1. The largest absolute Gasteiger partial charge is 0.573 e. The van der Waals surface area contributed by atoms with Gasteiger partial charge in [-0.05, 0) is 29.8 Å². The van der Waals surface area contributed by atoms with Crippen LogP contribution in [0.3, 0.4) is 0 Å². The first-order valence-corrected chi connectivity index (χ1v) is 6.18. The summed E-state index contributed by atoms with van der Waals surface area (Å²) in [5.74, 6) is -1.06. The van der Waals surface area contributed by atoms with Crippen LogP contribution in [0, 0.1) is 0 Å². The maximum absolute atomic E-state index is 12.3. The Morgan fingerprint density at radius 3 is 2.64 bits per heavy atom. The predicted octanol–water partition coefficient (Wildman–Crippen LogP) is 3.63. The van der Waals surface area contributed by atoms with Crippen LogP contribution < -0.4 is 10.1 Å². The van der Waals surface area contributed by atoms with Gasteiger partial charge in [-0.1, -0.05) is 18.2 Å². The lowest BCUT2D eigenvalue weighted by atomic mass is 10.2. The fourth-order valence-electron chi connectivity index (χ4n) is 1.60. The van der Waals surface area contributed by atoms with Gasteiger partial charge >= 0.3 is 6.36 Å². The van der Waals surface area contributed by atoms with Gasteiger partial charge in [0.1, 0.15) is 0 Å². The molecule has 0 radical (unpaired) electrons. The molecule has 1 heterocycles. The highest BCUT2D eigenvalue weighted by atomic mass is 19.4. The quantitative estimate of drug-likeness (QED) is 0.878. The van der Waals surface area contributed by atoms with Gasteiger partial charge in [-0.3, -0.25) is 9.78 Å². The van der Waals surface area contributed by atoms with Crippen molar-refractivity contribution in [2.24, 2.45) is 0 Å². The lowest BCUT2D eigenvalue weighted by Crippen LogP contribution is -2.19. The third kappa shape index (κ3) is 4.93. The normalized spacial score (nSPS) is 11.4. The van der Waals surface area contributed by atoms with Crippen LogP contribution in [0.25, 0.3) is 6.08 Å². The molecule has 4 nitrogen and oxygen atoms in total. The van der Waals surface area contributed by atoms with E-state index in [1.807, 2.05) is 0 Å². The molecule has 0 atom stereocenters. The second-order valence-electron chi connectivity index (χ2n) is 4.15. The Labute approximate surface area is 124 Å². The highest BCUT2D eigenvalue weighted by Gasteiger charge is 2.32. The van der Waals surface area contributed by atoms with E-state index >= 15 is 0 Å². The number of carbonyl (C=O) groups excluding carboxylic acids is 1. The molecule has 0 fully saturated rings. The monoisotopic (exact) mass is 308 g/mol. The molecule has 2 aromatic rings. The number of hydrogen-bond acceptors (Lipinski definition) is 3. The second-order valence-corrected chi connectivity index (χ2v) is 4.15. The number of para-hydroxylation sites is 2. The van der Waals surface area contributed by atoms with Crippen molar-refractivity contribution in [3.8, 4) is 5.75 Å². The summed E-state index contributed by atoms with van der Waals surface area (Å²) in [4.78, 5) is 15.6. The first-order chi connectivity index (χ1) is 10.4. The van der Waals surface area contributed by atoms with E-state index < -0.39 is 18.0 Å². The third-order valence-electron chi connectivity index (χ3n) is 2.48. The van der Waals surface area contributed by atoms with Crippen molar-refractivity contribution in [1.82, 2.24) is 4.98 Å². The van der Waals surface area contributed by atoms with Crippen LogP contribution in [0.5, 0.6) is 5.75 Å². The Hall–Kier alpha value is -2.83. The second kappa shape index (κ2) is 6.75. The molecule has 0 saturated carbocycles. The molecule has 0 aliphatic heterocycles. The minimum absolute atomic E-state index is 0.0688. The van der Waals surface area contributed by atoms with Gasteiger partial charge in [-0.15, -0.1) is 13.2 Å². The molecule has 0 aliphatic rings. The molecule has 1 aromatic heterocycles. The van der Waals surface area contributed by atoms with Gasteiger partial charge in [0.05, 0.1) is 5.69 Å². The minimum Gasteiger partial charge on any atom is -0.404 e. The van der Waals surface area contributed by atoms with Crippen molar-refractivity contribution < 1.29 is 22.7 Å². The maximum atomic E-state index is 12.3. The Morgan fingerprint density at radius 1 is 1.18 bits per heavy atom. The van der Waals surface area contributed by atoms with E-state index in [2.05, 4.69) is 15.0 Å². The zero-order valence-electron chi connectivity index (χ0n) is 11.2. The van der Waals surface area contributed by atoms with Gasteiger partial charge in [0, 0.05) is 18.5 Å². The summed E-state index contributed by atoms with van der Waals surface area (Å²) in [6.07, 6.45) is 0.996. The van der Waals surface area contributed by atoms with Crippen LogP contribution in [0.15, 0.2) is 54.9 Å². The zero-order valence-corrected chi connectivity index (χ0v) is 11.2. The number of aromatic nitrogens is 1. The zero-order chi connectivity index (χ0) is 16.0. The van der Waals surface area contributed by atoms with Gasteiger partial charge in [-0.25, -0.2) is 0 Å². The van der Waals surface area contributed by atoms with E-state index in [0.717, 1.165) is 6.07 Å². The Balaban J connectivity index is 2.07. The number of alkyl halides is 3. The average molecular weight is 308 g/mol. The van der Waals surface area contributed by atoms with Crippen LogP contribution in [0.4, 0.5) is 18.9 Å². The number of rotatable bonds is 4. The third-order valence-corrected chi connectivity index (χ3v) is 2.48. The van der Waals surface area contributed by atoms with E-state index in [9.17, 15) is 18.0 Å². The van der Waals surface area contributed by atoms with Crippen LogP contribution in [-0.4, -0.2) is 17.3 Å². The number of ether oxygens (including phenoxy) is 1. The van der Waals surface area contributed by atoms with Crippen LogP contribution in [0.1, 0.15) is 5.56 Å². The topological polar surface area (TPSA) is 51.2 Å². The molecule has 1 N–H and O–H groups in total. The number of nitrogens with zero attached hydrogens (tertiary/aromatic N) is 1. The van der Waals surface area contributed by atoms with Crippen molar-refractivity contribution in [3.63, 3.8) is 0 Å². The molecule has 1 aromatic carbocycles. The smallest absolute Gasteiger partial charge is 0.404 e. The number of halogens is 3. The SMILES string of the molecule is O=C(/C=C/c1cccnc1)Nc1ccccc1OC(F)(F)F. The van der Waals surface area contributed by atoms with Gasteiger partial charge < -0.3 is 10.1 Å². The Kier molecular flexibility index (Phi) is 4.77. The molecule has 0 aliphatic carbocycles. The van der Waals surface area contributed by atoms with Crippen molar-refractivity contribution in [3.05, 3.63) is 60.4 Å². The Morgan fingerprint density at radius 2 is 1.95 bits per heavy atom. The summed E-state index contributed by atoms with van der Waals surface area (Å²) < 4.78 is 40.7. The Bertz CT molecular complexity index is 670. The summed E-state index contributed by atoms with van der Waals surface area (Å²) in [7, 11) is 0. The number of amides is 1. The van der Waals surface area contributed by atoms with Gasteiger partial charge in [0.2, 0.25) is 5.91 Å². The molecule has 7 heteroatoms. The van der Waals surface area contributed by atoms with Crippen LogP contribution >= 0.6 is 0 Å². The highest BCUT2D eigenvalue weighted by Crippen LogP contribution is 2.29. The fourth-order valence-corrected chi connectivity index (χ4v) is 1.60. The molecule has 114 valence electrons. The van der Waals surface area contributed by atoms with E-state index in [1.54, 1.807) is 24.5 Å². The molecular formula is C15H11F3N2O2. The number of benzene rings is 1. The summed E-state index contributed by atoms with van der Waals surface area (Å²) in [5, 5.41) is 2.33. The van der Waals surface area contributed by atoms with Crippen molar-refractivity contribution in [1.29, 1.82) is 0 Å². The lowest BCUT2D eigenvalue weighted by Gasteiger charge is -2.13. The van der Waals surface area contributed by atoms with E-state index in [-0.39, 0.29) is 5.69 Å². The fraction of sp³-hybridized carbons (Fsp3) is 0.0667. The number of pyridine rings is 1. The summed E-state index contributed by atoms with van der Waals surface area (Å²) in [5.41, 5.74) is 0.623. The van der Waals surface area contributed by atoms with Crippen molar-refractivity contribution in [2.75, 3.05) is 5.32 Å². The van der Waals surface area contributed by atoms with Gasteiger partial charge in [-0.2, -0.15) is 0 Å². The van der Waals surface area contributed by atoms with Crippen LogP contribution in [0.2, 0.25) is 0 Å². The first kappa shape index (κ1) is 15.6. The van der Waals surface area contributed by atoms with Crippen molar-refractivity contribution in [2.45, 2.75) is 6.36 Å². The van der Waals surface area contributed by atoms with Gasteiger partial charge in [0.15, 0.2) is 5.75 Å².